The highest BCUT2D eigenvalue weighted by Crippen LogP contribution is 2.26. The number of thiazole rings is 1. The number of nitrogens with zero attached hydrogens (tertiary/aromatic N) is 2. The quantitative estimate of drug-likeness (QED) is 0.386. The number of rotatable bonds is 6. The summed E-state index contributed by atoms with van der Waals surface area (Å²) < 4.78 is 31.0. The Morgan fingerprint density at radius 3 is 2.39 bits per heavy atom. The van der Waals surface area contributed by atoms with Crippen LogP contribution in [0.15, 0.2) is 80.9 Å². The van der Waals surface area contributed by atoms with E-state index in [0.717, 1.165) is 35.9 Å². The molecule has 3 aromatic carbocycles. The third kappa shape index (κ3) is 4.87. The van der Waals surface area contributed by atoms with Crippen LogP contribution in [-0.4, -0.2) is 25.4 Å². The van der Waals surface area contributed by atoms with Gasteiger partial charge in [-0.1, -0.05) is 45.0 Å². The maximum atomic E-state index is 13.4. The Kier molecular flexibility index (Phi) is 6.42. The minimum atomic E-state index is -3.99. The molecule has 1 heterocycles. The number of sulfonamides is 1. The molecule has 0 unspecified atom stereocenters. The molecule has 4 rings (SSSR count). The van der Waals surface area contributed by atoms with Crippen LogP contribution >= 0.6 is 27.3 Å². The van der Waals surface area contributed by atoms with Gasteiger partial charge in [0.15, 0.2) is 0 Å². The Labute approximate surface area is 203 Å². The first-order valence-electron chi connectivity index (χ1n) is 9.89. The lowest BCUT2D eigenvalue weighted by atomic mass is 10.2. The summed E-state index contributed by atoms with van der Waals surface area (Å²) >= 11 is 4.43. The molecule has 4 aromatic rings. The number of hydrogen-bond donors (Lipinski definition) is 1. The van der Waals surface area contributed by atoms with Crippen LogP contribution < -0.4 is 14.5 Å². The number of anilines is 2. The fourth-order valence-electron chi connectivity index (χ4n) is 3.30. The van der Waals surface area contributed by atoms with Crippen molar-refractivity contribution in [2.75, 3.05) is 16.2 Å². The lowest BCUT2D eigenvalue weighted by Crippen LogP contribution is -2.38. The molecule has 0 bridgehead atoms. The molecule has 0 aliphatic rings. The van der Waals surface area contributed by atoms with Crippen LogP contribution in [0.1, 0.15) is 5.56 Å². The van der Waals surface area contributed by atoms with Gasteiger partial charge in [0.2, 0.25) is 5.91 Å². The van der Waals surface area contributed by atoms with Gasteiger partial charge in [-0.25, -0.2) is 8.42 Å². The van der Waals surface area contributed by atoms with Crippen molar-refractivity contribution in [1.82, 2.24) is 4.57 Å². The average Bonchev–Trinajstić information content (AvgIpc) is 3.06. The lowest BCUT2D eigenvalue weighted by Gasteiger charge is -2.24. The number of aryl methyl sites for hydroxylation is 2. The van der Waals surface area contributed by atoms with Crippen LogP contribution in [0.25, 0.3) is 10.2 Å². The van der Waals surface area contributed by atoms with Gasteiger partial charge >= 0.3 is 4.87 Å². The van der Waals surface area contributed by atoms with E-state index in [9.17, 15) is 18.0 Å². The molecule has 1 N–H and O–H groups in total. The van der Waals surface area contributed by atoms with Crippen LogP contribution in [-0.2, 0) is 21.9 Å². The van der Waals surface area contributed by atoms with Gasteiger partial charge in [0.25, 0.3) is 10.0 Å². The molecule has 33 heavy (non-hydrogen) atoms. The second-order valence-electron chi connectivity index (χ2n) is 7.46. The fraction of sp³-hybridized carbons (Fsp3) is 0.130. The van der Waals surface area contributed by atoms with E-state index in [1.807, 2.05) is 6.92 Å². The summed E-state index contributed by atoms with van der Waals surface area (Å²) in [6.45, 7) is 1.46. The predicted molar refractivity (Wildman–Crippen MR) is 136 cm³/mol. The average molecular weight is 546 g/mol. The first kappa shape index (κ1) is 23.2. The second-order valence-corrected chi connectivity index (χ2v) is 11.2. The number of carbonyl (C=O) groups excluding carboxylic acids is 1. The van der Waals surface area contributed by atoms with E-state index in [2.05, 4.69) is 21.2 Å². The summed E-state index contributed by atoms with van der Waals surface area (Å²) in [5.74, 6) is -0.503. The van der Waals surface area contributed by atoms with Crippen molar-refractivity contribution >= 4 is 64.8 Å². The third-order valence-corrected chi connectivity index (χ3v) is 8.40. The number of benzene rings is 3. The molecule has 0 atom stereocenters. The second kappa shape index (κ2) is 9.12. The first-order valence-corrected chi connectivity index (χ1v) is 12.9. The number of carbonyl (C=O) groups is 1. The van der Waals surface area contributed by atoms with Crippen LogP contribution in [0, 0.1) is 6.92 Å². The molecule has 0 saturated carbocycles. The van der Waals surface area contributed by atoms with E-state index in [1.165, 1.54) is 16.7 Å². The number of halogens is 1. The number of nitrogens with one attached hydrogen (secondary N) is 1. The normalized spacial score (nSPS) is 11.5. The Balaban J connectivity index is 1.64. The van der Waals surface area contributed by atoms with E-state index in [4.69, 9.17) is 0 Å². The highest BCUT2D eigenvalue weighted by atomic mass is 79.9. The zero-order valence-electron chi connectivity index (χ0n) is 17.8. The summed E-state index contributed by atoms with van der Waals surface area (Å²) in [4.78, 5) is 24.8. The first-order chi connectivity index (χ1) is 15.6. The molecular weight excluding hydrogens is 526 g/mol. The largest absolute Gasteiger partial charge is 0.324 e. The molecule has 0 spiro atoms. The van der Waals surface area contributed by atoms with Crippen molar-refractivity contribution < 1.29 is 13.2 Å². The van der Waals surface area contributed by atoms with Crippen molar-refractivity contribution in [2.24, 2.45) is 7.05 Å². The summed E-state index contributed by atoms with van der Waals surface area (Å²) in [7, 11) is -2.31. The van der Waals surface area contributed by atoms with Gasteiger partial charge < -0.3 is 9.88 Å². The van der Waals surface area contributed by atoms with E-state index in [-0.39, 0.29) is 9.77 Å². The molecular formula is C23H20BrN3O4S2. The molecule has 0 radical (unpaired) electrons. The summed E-state index contributed by atoms with van der Waals surface area (Å²) in [5.41, 5.74) is 2.55. The number of aromatic nitrogens is 1. The lowest BCUT2D eigenvalue weighted by molar-refractivity contribution is -0.114. The van der Waals surface area contributed by atoms with E-state index in [1.54, 1.807) is 61.6 Å². The molecule has 0 fully saturated rings. The van der Waals surface area contributed by atoms with Crippen LogP contribution in [0.2, 0.25) is 0 Å². The molecule has 1 amide bonds. The van der Waals surface area contributed by atoms with E-state index in [0.29, 0.717) is 11.4 Å². The maximum Gasteiger partial charge on any atom is 0.307 e. The Morgan fingerprint density at radius 1 is 1.06 bits per heavy atom. The summed E-state index contributed by atoms with van der Waals surface area (Å²) in [5, 5.41) is 2.75. The van der Waals surface area contributed by atoms with E-state index >= 15 is 0 Å². The predicted octanol–water partition coefficient (Wildman–Crippen LogP) is 4.50. The minimum absolute atomic E-state index is 0.0966. The van der Waals surface area contributed by atoms with Gasteiger partial charge in [0.05, 0.1) is 20.8 Å². The fourth-order valence-corrected chi connectivity index (χ4v) is 5.91. The number of hydrogen-bond acceptors (Lipinski definition) is 5. The van der Waals surface area contributed by atoms with Crippen molar-refractivity contribution in [3.8, 4) is 0 Å². The molecule has 170 valence electrons. The molecule has 1 aromatic heterocycles. The van der Waals surface area contributed by atoms with E-state index < -0.39 is 22.5 Å². The SMILES string of the molecule is Cc1ccc(S(=O)(=O)N(CC(=O)Nc2ccc3c(c2)sc(=O)n3C)c2ccc(Br)cc2)cc1. The molecule has 7 nitrogen and oxygen atoms in total. The minimum Gasteiger partial charge on any atom is -0.324 e. The van der Waals surface area contributed by atoms with Crippen LogP contribution in [0.4, 0.5) is 11.4 Å². The van der Waals surface area contributed by atoms with Crippen molar-refractivity contribution in [3.63, 3.8) is 0 Å². The molecule has 0 aliphatic heterocycles. The molecule has 0 saturated heterocycles. The van der Waals surface area contributed by atoms with Gasteiger partial charge in [-0.15, -0.1) is 0 Å². The zero-order valence-corrected chi connectivity index (χ0v) is 21.0. The van der Waals surface area contributed by atoms with Crippen molar-refractivity contribution in [2.45, 2.75) is 11.8 Å². The van der Waals surface area contributed by atoms with Gasteiger partial charge in [0.1, 0.15) is 6.54 Å². The number of fused-ring (bicyclic) bond motifs is 1. The van der Waals surface area contributed by atoms with Crippen LogP contribution in [0.5, 0.6) is 0 Å². The summed E-state index contributed by atoms with van der Waals surface area (Å²) in [6.07, 6.45) is 0. The van der Waals surface area contributed by atoms with Crippen molar-refractivity contribution in [1.29, 1.82) is 0 Å². The highest BCUT2D eigenvalue weighted by molar-refractivity contribution is 9.10. The smallest absolute Gasteiger partial charge is 0.307 e. The van der Waals surface area contributed by atoms with Gasteiger partial charge in [-0.3, -0.25) is 13.9 Å². The third-order valence-electron chi connectivity index (χ3n) is 5.09. The monoisotopic (exact) mass is 545 g/mol. The zero-order chi connectivity index (χ0) is 23.8. The number of amides is 1. The molecule has 0 aliphatic carbocycles. The standard InChI is InChI=1S/C23H20BrN3O4S2/c1-15-3-10-19(11-4-15)33(30,31)27(18-8-5-16(24)6-9-18)14-22(28)25-17-7-12-20-21(13-17)32-23(29)26(20)2/h3-13H,14H2,1-2H3,(H,25,28). The van der Waals surface area contributed by atoms with Gasteiger partial charge in [-0.05, 0) is 61.5 Å². The molecule has 10 heteroatoms. The van der Waals surface area contributed by atoms with Gasteiger partial charge in [-0.2, -0.15) is 0 Å². The topological polar surface area (TPSA) is 88.5 Å². The van der Waals surface area contributed by atoms with Gasteiger partial charge in [0, 0.05) is 17.2 Å². The highest BCUT2D eigenvalue weighted by Gasteiger charge is 2.27. The Hall–Kier alpha value is -2.95. The maximum absolute atomic E-state index is 13.4. The summed E-state index contributed by atoms with van der Waals surface area (Å²) in [6, 6.07) is 18.3. The Bertz CT molecular complexity index is 1490. The van der Waals surface area contributed by atoms with Crippen molar-refractivity contribution in [3.05, 3.63) is 86.4 Å². The van der Waals surface area contributed by atoms with Crippen LogP contribution in [0.3, 0.4) is 0 Å². The Morgan fingerprint density at radius 2 is 1.73 bits per heavy atom.